The number of hydrogen-bond donors (Lipinski definition) is 3. The molecule has 2 atom stereocenters. The first-order valence-corrected chi connectivity index (χ1v) is 10.3. The summed E-state index contributed by atoms with van der Waals surface area (Å²) in [7, 11) is 1.87. The van der Waals surface area contributed by atoms with Crippen molar-refractivity contribution in [3.05, 3.63) is 54.9 Å². The second-order valence-corrected chi connectivity index (χ2v) is 7.70. The fraction of sp³-hybridized carbons (Fsp3) is 0.273. The Labute approximate surface area is 184 Å². The Morgan fingerprint density at radius 3 is 2.88 bits per heavy atom. The number of benzene rings is 1. The maximum absolute atomic E-state index is 11.9. The van der Waals surface area contributed by atoms with Crippen molar-refractivity contribution in [1.82, 2.24) is 25.5 Å². The number of nitrogens with two attached hydrogens (primary N) is 1. The zero-order valence-electron chi connectivity index (χ0n) is 17.7. The van der Waals surface area contributed by atoms with Crippen molar-refractivity contribution in [2.24, 2.45) is 5.73 Å². The molecule has 1 aliphatic carbocycles. The lowest BCUT2D eigenvalue weighted by Gasteiger charge is -2.25. The molecule has 0 aliphatic heterocycles. The second kappa shape index (κ2) is 8.96. The molecular weight excluding hydrogens is 408 g/mol. The van der Waals surface area contributed by atoms with Crippen LogP contribution in [0.1, 0.15) is 29.8 Å². The molecule has 10 nitrogen and oxygen atoms in total. The van der Waals surface area contributed by atoms with Gasteiger partial charge in [-0.3, -0.25) is 14.6 Å². The van der Waals surface area contributed by atoms with Crippen LogP contribution in [0.15, 0.2) is 49.2 Å². The highest BCUT2D eigenvalue weighted by atomic mass is 16.2. The van der Waals surface area contributed by atoms with Crippen LogP contribution in [0.25, 0.3) is 10.9 Å². The second-order valence-electron chi connectivity index (χ2n) is 7.70. The SMILES string of the molecule is C=CC(=O)NC1CC[C@@H](N(C)c2nnc(C(N)=O)c(Nc3ccc4ncccc4c3)n2)C1. The minimum absolute atomic E-state index is 0.0454. The van der Waals surface area contributed by atoms with E-state index in [0.717, 1.165) is 35.9 Å². The van der Waals surface area contributed by atoms with Crippen LogP contribution < -0.4 is 21.3 Å². The van der Waals surface area contributed by atoms with Crippen LogP contribution in [0.5, 0.6) is 0 Å². The van der Waals surface area contributed by atoms with Gasteiger partial charge in [-0.15, -0.1) is 10.2 Å². The van der Waals surface area contributed by atoms with E-state index in [0.29, 0.717) is 5.95 Å². The number of carbonyl (C=O) groups is 2. The zero-order chi connectivity index (χ0) is 22.7. The van der Waals surface area contributed by atoms with Gasteiger partial charge in [0.25, 0.3) is 5.91 Å². The van der Waals surface area contributed by atoms with Gasteiger partial charge in [0.2, 0.25) is 11.9 Å². The van der Waals surface area contributed by atoms with Crippen LogP contribution in [0.3, 0.4) is 0 Å². The van der Waals surface area contributed by atoms with Crippen molar-refractivity contribution in [3.63, 3.8) is 0 Å². The molecule has 164 valence electrons. The van der Waals surface area contributed by atoms with Gasteiger partial charge in [0, 0.05) is 36.4 Å². The molecule has 3 aromatic rings. The molecule has 4 rings (SSSR count). The molecule has 0 saturated heterocycles. The molecule has 2 heterocycles. The van der Waals surface area contributed by atoms with E-state index in [1.54, 1.807) is 6.20 Å². The molecule has 2 amide bonds. The lowest BCUT2D eigenvalue weighted by Crippen LogP contribution is -2.36. The zero-order valence-corrected chi connectivity index (χ0v) is 17.7. The highest BCUT2D eigenvalue weighted by molar-refractivity contribution is 5.96. The van der Waals surface area contributed by atoms with E-state index in [9.17, 15) is 9.59 Å². The van der Waals surface area contributed by atoms with E-state index < -0.39 is 5.91 Å². The molecule has 0 spiro atoms. The molecule has 4 N–H and O–H groups in total. The van der Waals surface area contributed by atoms with Crippen LogP contribution in [-0.2, 0) is 4.79 Å². The molecule has 0 bridgehead atoms. The van der Waals surface area contributed by atoms with Crippen LogP contribution in [0.4, 0.5) is 17.5 Å². The van der Waals surface area contributed by atoms with Crippen molar-refractivity contribution in [2.75, 3.05) is 17.3 Å². The summed E-state index contributed by atoms with van der Waals surface area (Å²) in [5.41, 5.74) is 7.02. The Morgan fingerprint density at radius 2 is 2.09 bits per heavy atom. The number of fused-ring (bicyclic) bond motifs is 1. The van der Waals surface area contributed by atoms with Crippen LogP contribution in [0.2, 0.25) is 0 Å². The third-order valence-electron chi connectivity index (χ3n) is 5.57. The first kappa shape index (κ1) is 21.2. The van der Waals surface area contributed by atoms with Crippen LogP contribution >= 0.6 is 0 Å². The number of primary amides is 1. The average Bonchev–Trinajstić information content (AvgIpc) is 3.26. The number of nitrogens with one attached hydrogen (secondary N) is 2. The summed E-state index contributed by atoms with van der Waals surface area (Å²) < 4.78 is 0. The number of nitrogens with zero attached hydrogens (tertiary/aromatic N) is 5. The van der Waals surface area contributed by atoms with Gasteiger partial charge in [-0.25, -0.2) is 0 Å². The minimum Gasteiger partial charge on any atom is -0.364 e. The van der Waals surface area contributed by atoms with E-state index in [4.69, 9.17) is 5.73 Å². The highest BCUT2D eigenvalue weighted by Crippen LogP contribution is 2.27. The molecule has 1 unspecified atom stereocenters. The van der Waals surface area contributed by atoms with Gasteiger partial charge >= 0.3 is 0 Å². The number of pyridine rings is 1. The Hall–Kier alpha value is -4.08. The minimum atomic E-state index is -0.725. The van der Waals surface area contributed by atoms with E-state index in [-0.39, 0.29) is 29.5 Å². The third kappa shape index (κ3) is 4.48. The van der Waals surface area contributed by atoms with Crippen LogP contribution in [-0.4, -0.2) is 51.1 Å². The Morgan fingerprint density at radius 1 is 1.25 bits per heavy atom. The van der Waals surface area contributed by atoms with E-state index in [2.05, 4.69) is 37.4 Å². The average molecular weight is 432 g/mol. The molecule has 1 saturated carbocycles. The van der Waals surface area contributed by atoms with Crippen molar-refractivity contribution in [3.8, 4) is 0 Å². The molecule has 1 aromatic carbocycles. The summed E-state index contributed by atoms with van der Waals surface area (Å²) >= 11 is 0. The molecule has 0 radical (unpaired) electrons. The number of anilines is 3. The van der Waals surface area contributed by atoms with E-state index in [1.807, 2.05) is 42.3 Å². The maximum atomic E-state index is 11.9. The number of rotatable bonds is 7. The molecule has 32 heavy (non-hydrogen) atoms. The van der Waals surface area contributed by atoms with Gasteiger partial charge in [0.1, 0.15) is 0 Å². The molecule has 1 aliphatic rings. The van der Waals surface area contributed by atoms with Gasteiger partial charge in [-0.2, -0.15) is 4.98 Å². The Bertz CT molecular complexity index is 1180. The fourth-order valence-corrected chi connectivity index (χ4v) is 3.87. The van der Waals surface area contributed by atoms with Gasteiger partial charge in [-0.1, -0.05) is 12.6 Å². The summed E-state index contributed by atoms with van der Waals surface area (Å²) in [5, 5.41) is 15.1. The molecule has 2 aromatic heterocycles. The molecular formula is C22H24N8O2. The standard InChI is InChI=1S/C22H24N8O2/c1-3-18(31)25-15-6-8-16(12-15)30(2)22-27-21(19(20(23)32)28-29-22)26-14-7-9-17-13(11-14)5-4-10-24-17/h3-5,7,9-11,15-16H,1,6,8,12H2,2H3,(H2,23,32)(H,25,31)(H,26,27,29)/t15?,16-/m1/s1. The largest absolute Gasteiger partial charge is 0.364 e. The lowest BCUT2D eigenvalue weighted by atomic mass is 10.2. The maximum Gasteiger partial charge on any atom is 0.273 e. The summed E-state index contributed by atoms with van der Waals surface area (Å²) in [4.78, 5) is 34.2. The number of hydrogen-bond acceptors (Lipinski definition) is 8. The van der Waals surface area contributed by atoms with Crippen molar-refractivity contribution >= 4 is 40.2 Å². The Balaban J connectivity index is 1.56. The van der Waals surface area contributed by atoms with Crippen LogP contribution in [0, 0.1) is 0 Å². The van der Waals surface area contributed by atoms with Gasteiger partial charge in [-0.05, 0) is 49.6 Å². The van der Waals surface area contributed by atoms with E-state index >= 15 is 0 Å². The topological polar surface area (TPSA) is 139 Å². The summed E-state index contributed by atoms with van der Waals surface area (Å²) in [6.45, 7) is 3.49. The third-order valence-corrected chi connectivity index (χ3v) is 5.57. The smallest absolute Gasteiger partial charge is 0.273 e. The predicted molar refractivity (Wildman–Crippen MR) is 122 cm³/mol. The first-order chi connectivity index (χ1) is 15.4. The Kier molecular flexibility index (Phi) is 5.93. The summed E-state index contributed by atoms with van der Waals surface area (Å²) in [5.74, 6) is -0.316. The first-order valence-electron chi connectivity index (χ1n) is 10.3. The van der Waals surface area contributed by atoms with Gasteiger partial charge in [0.15, 0.2) is 11.5 Å². The fourth-order valence-electron chi connectivity index (χ4n) is 3.87. The van der Waals surface area contributed by atoms with Gasteiger partial charge in [0.05, 0.1) is 5.52 Å². The van der Waals surface area contributed by atoms with Crippen molar-refractivity contribution in [2.45, 2.75) is 31.3 Å². The van der Waals surface area contributed by atoms with Crippen molar-refractivity contribution in [1.29, 1.82) is 0 Å². The number of carbonyl (C=O) groups excluding carboxylic acids is 2. The molecule has 10 heteroatoms. The van der Waals surface area contributed by atoms with Crippen molar-refractivity contribution < 1.29 is 9.59 Å². The summed E-state index contributed by atoms with van der Waals surface area (Å²) in [6, 6.07) is 9.60. The summed E-state index contributed by atoms with van der Waals surface area (Å²) in [6.07, 6.45) is 5.45. The predicted octanol–water partition coefficient (Wildman–Crippen LogP) is 1.92. The molecule has 1 fully saturated rings. The quantitative estimate of drug-likeness (QED) is 0.481. The monoisotopic (exact) mass is 432 g/mol. The number of amides is 2. The lowest BCUT2D eigenvalue weighted by molar-refractivity contribution is -0.117. The number of aromatic nitrogens is 4. The normalized spacial score (nSPS) is 17.7. The highest BCUT2D eigenvalue weighted by Gasteiger charge is 2.30. The van der Waals surface area contributed by atoms with Gasteiger partial charge < -0.3 is 21.3 Å². The van der Waals surface area contributed by atoms with E-state index in [1.165, 1.54) is 6.08 Å².